The van der Waals surface area contributed by atoms with E-state index in [1.165, 1.54) is 47.9 Å². The zero-order chi connectivity index (χ0) is 24.0. The summed E-state index contributed by atoms with van der Waals surface area (Å²) in [5, 5.41) is 0. The van der Waals surface area contributed by atoms with E-state index in [2.05, 4.69) is 98.2 Å². The first-order valence-electron chi connectivity index (χ1n) is 12.7. The van der Waals surface area contributed by atoms with Crippen molar-refractivity contribution in [3.63, 3.8) is 0 Å². The molecule has 1 heterocycles. The Hall–Kier alpha value is -2.97. The van der Waals surface area contributed by atoms with Crippen LogP contribution in [-0.4, -0.2) is 17.7 Å². The molecule has 0 fully saturated rings. The lowest BCUT2D eigenvalue weighted by molar-refractivity contribution is 0.0566. The summed E-state index contributed by atoms with van der Waals surface area (Å²) in [5.74, 6) is 0. The van der Waals surface area contributed by atoms with Gasteiger partial charge in [0.15, 0.2) is 0 Å². The van der Waals surface area contributed by atoms with Crippen molar-refractivity contribution in [1.82, 2.24) is 4.98 Å². The molecule has 3 aromatic rings. The van der Waals surface area contributed by atoms with Gasteiger partial charge >= 0.3 is 0 Å². The lowest BCUT2D eigenvalue weighted by atomic mass is 10.00. The zero-order valence-electron chi connectivity index (χ0n) is 20.9. The highest BCUT2D eigenvalue weighted by atomic mass is 16.5. The molecule has 1 atom stereocenters. The van der Waals surface area contributed by atoms with Gasteiger partial charge < -0.3 is 4.74 Å². The summed E-state index contributed by atoms with van der Waals surface area (Å²) in [4.78, 5) is 4.51. The lowest BCUT2D eigenvalue weighted by Gasteiger charge is -2.12. The Morgan fingerprint density at radius 1 is 0.853 bits per heavy atom. The minimum Gasteiger partial charge on any atom is -0.379 e. The van der Waals surface area contributed by atoms with Crippen molar-refractivity contribution >= 4 is 6.08 Å². The van der Waals surface area contributed by atoms with Gasteiger partial charge in [0.1, 0.15) is 0 Å². The molecule has 0 spiro atoms. The number of aromatic nitrogens is 1. The second-order valence-corrected chi connectivity index (χ2v) is 8.95. The van der Waals surface area contributed by atoms with Crippen LogP contribution in [0, 0.1) is 0 Å². The topological polar surface area (TPSA) is 22.1 Å². The van der Waals surface area contributed by atoms with E-state index in [-0.39, 0.29) is 0 Å². The van der Waals surface area contributed by atoms with E-state index in [1.807, 2.05) is 12.3 Å². The van der Waals surface area contributed by atoms with Crippen molar-refractivity contribution in [2.75, 3.05) is 6.61 Å². The highest BCUT2D eigenvalue weighted by Gasteiger charge is 2.03. The van der Waals surface area contributed by atoms with Crippen LogP contribution in [0.5, 0.6) is 0 Å². The number of ether oxygens (including phenoxy) is 1. The van der Waals surface area contributed by atoms with Crippen LogP contribution in [0.2, 0.25) is 0 Å². The maximum absolute atomic E-state index is 5.88. The minimum absolute atomic E-state index is 0.365. The number of benzene rings is 2. The van der Waals surface area contributed by atoms with Crippen LogP contribution in [0.4, 0.5) is 0 Å². The van der Waals surface area contributed by atoms with Crippen LogP contribution >= 0.6 is 0 Å². The van der Waals surface area contributed by atoms with E-state index in [0.717, 1.165) is 37.1 Å². The molecule has 2 nitrogen and oxygen atoms in total. The summed E-state index contributed by atoms with van der Waals surface area (Å²) in [7, 11) is 0. The highest BCUT2D eigenvalue weighted by Crippen LogP contribution is 2.25. The Bertz CT molecular complexity index is 1000. The minimum atomic E-state index is 0.365. The van der Waals surface area contributed by atoms with Crippen LogP contribution in [0.3, 0.4) is 0 Å². The molecule has 2 aromatic carbocycles. The van der Waals surface area contributed by atoms with E-state index in [9.17, 15) is 0 Å². The first kappa shape index (κ1) is 25.6. The third-order valence-corrected chi connectivity index (χ3v) is 6.08. The molecule has 0 aliphatic rings. The van der Waals surface area contributed by atoms with E-state index in [1.54, 1.807) is 0 Å². The molecule has 0 aliphatic heterocycles. The summed E-state index contributed by atoms with van der Waals surface area (Å²) in [6.45, 7) is 9.09. The fraction of sp³-hybridized carbons (Fsp3) is 0.344. The molecule has 178 valence electrons. The SMILES string of the molecule is C=CCc1ccc(-c2ccc(-c3ccc(/C=C/CCCC(C)OCCCCC)cc3)cc2)cn1. The molecule has 1 aromatic heterocycles. The van der Waals surface area contributed by atoms with Crippen molar-refractivity contribution in [2.24, 2.45) is 0 Å². The largest absolute Gasteiger partial charge is 0.379 e. The third-order valence-electron chi connectivity index (χ3n) is 6.08. The second kappa shape index (κ2) is 14.3. The van der Waals surface area contributed by atoms with Gasteiger partial charge in [-0.25, -0.2) is 0 Å². The predicted octanol–water partition coefficient (Wildman–Crippen LogP) is 8.92. The molecular formula is C32H39NO. The Morgan fingerprint density at radius 2 is 1.50 bits per heavy atom. The van der Waals surface area contributed by atoms with E-state index >= 15 is 0 Å². The molecule has 1 unspecified atom stereocenters. The van der Waals surface area contributed by atoms with Gasteiger partial charge in [0.2, 0.25) is 0 Å². The van der Waals surface area contributed by atoms with E-state index < -0.39 is 0 Å². The molecule has 3 rings (SSSR count). The average Bonchev–Trinajstić information content (AvgIpc) is 2.88. The summed E-state index contributed by atoms with van der Waals surface area (Å²) in [6, 6.07) is 21.7. The fourth-order valence-electron chi connectivity index (χ4n) is 3.97. The standard InChI is InChI=1S/C32H39NO/c1-4-6-10-24-34-26(3)12-8-7-9-13-27-14-16-28(17-15-27)29-18-20-30(21-19-29)31-22-23-32(11-5-2)33-25-31/h5,9,13-23,25-26H,2,4,6-8,10-12,24H2,1,3H3/b13-9+. The molecule has 0 N–H and O–H groups in total. The number of nitrogens with zero attached hydrogens (tertiary/aromatic N) is 1. The van der Waals surface area contributed by atoms with Crippen LogP contribution in [0.1, 0.15) is 63.6 Å². The molecule has 0 saturated heterocycles. The molecular weight excluding hydrogens is 414 g/mol. The third kappa shape index (κ3) is 8.43. The van der Waals surface area contributed by atoms with Crippen LogP contribution in [0.15, 0.2) is 85.6 Å². The molecule has 0 bridgehead atoms. The van der Waals surface area contributed by atoms with Crippen LogP contribution < -0.4 is 0 Å². The Labute approximate surface area is 206 Å². The van der Waals surface area contributed by atoms with Crippen LogP contribution in [0.25, 0.3) is 28.3 Å². The van der Waals surface area contributed by atoms with Gasteiger partial charge in [0, 0.05) is 30.5 Å². The second-order valence-electron chi connectivity index (χ2n) is 8.95. The van der Waals surface area contributed by atoms with E-state index in [0.29, 0.717) is 6.10 Å². The van der Waals surface area contributed by atoms with Gasteiger partial charge in [-0.05, 0) is 60.9 Å². The van der Waals surface area contributed by atoms with Crippen molar-refractivity contribution in [1.29, 1.82) is 0 Å². The van der Waals surface area contributed by atoms with Gasteiger partial charge in [0.05, 0.1) is 6.10 Å². The average molecular weight is 454 g/mol. The number of pyridine rings is 1. The van der Waals surface area contributed by atoms with Gasteiger partial charge in [-0.3, -0.25) is 4.98 Å². The van der Waals surface area contributed by atoms with Gasteiger partial charge in [-0.2, -0.15) is 0 Å². The molecule has 0 radical (unpaired) electrons. The number of unbranched alkanes of at least 4 members (excludes halogenated alkanes) is 3. The Kier molecular flexibility index (Phi) is 10.8. The molecule has 0 saturated carbocycles. The van der Waals surface area contributed by atoms with E-state index in [4.69, 9.17) is 4.74 Å². The summed E-state index contributed by atoms with van der Waals surface area (Å²) in [5.41, 5.74) is 7.07. The maximum Gasteiger partial charge on any atom is 0.0547 e. The fourth-order valence-corrected chi connectivity index (χ4v) is 3.97. The molecule has 34 heavy (non-hydrogen) atoms. The van der Waals surface area contributed by atoms with Gasteiger partial charge in [0.25, 0.3) is 0 Å². The summed E-state index contributed by atoms with van der Waals surface area (Å²) in [6.07, 6.45) is 16.6. The smallest absolute Gasteiger partial charge is 0.0547 e. The van der Waals surface area contributed by atoms with Crippen molar-refractivity contribution in [2.45, 2.75) is 64.9 Å². The van der Waals surface area contributed by atoms with Gasteiger partial charge in [-0.15, -0.1) is 6.58 Å². The number of rotatable bonds is 14. The maximum atomic E-state index is 5.88. The van der Waals surface area contributed by atoms with Crippen molar-refractivity contribution in [3.05, 3.63) is 96.8 Å². The zero-order valence-corrected chi connectivity index (χ0v) is 20.9. The van der Waals surface area contributed by atoms with Crippen LogP contribution in [-0.2, 0) is 11.2 Å². The van der Waals surface area contributed by atoms with Crippen molar-refractivity contribution in [3.8, 4) is 22.3 Å². The quantitative estimate of drug-likeness (QED) is 0.179. The molecule has 2 heteroatoms. The monoisotopic (exact) mass is 453 g/mol. The number of allylic oxidation sites excluding steroid dienone is 2. The first-order chi connectivity index (χ1) is 16.7. The number of hydrogen-bond acceptors (Lipinski definition) is 2. The summed E-state index contributed by atoms with van der Waals surface area (Å²) >= 11 is 0. The molecule has 0 amide bonds. The first-order valence-corrected chi connectivity index (χ1v) is 12.7. The molecule has 0 aliphatic carbocycles. The predicted molar refractivity (Wildman–Crippen MR) is 147 cm³/mol. The summed E-state index contributed by atoms with van der Waals surface area (Å²) < 4.78 is 5.88. The Morgan fingerprint density at radius 3 is 2.12 bits per heavy atom. The van der Waals surface area contributed by atoms with Gasteiger partial charge in [-0.1, -0.05) is 92.6 Å². The highest BCUT2D eigenvalue weighted by molar-refractivity contribution is 5.71. The lowest BCUT2D eigenvalue weighted by Crippen LogP contribution is -2.08. The Balaban J connectivity index is 1.46. The van der Waals surface area contributed by atoms with Crippen molar-refractivity contribution < 1.29 is 4.74 Å². The normalized spacial score (nSPS) is 12.2. The number of hydrogen-bond donors (Lipinski definition) is 0.